The number of aromatic nitrogens is 2. The van der Waals surface area contributed by atoms with Crippen molar-refractivity contribution in [3.63, 3.8) is 0 Å². The molecule has 3 aromatic rings. The molecule has 5 heteroatoms. The van der Waals surface area contributed by atoms with E-state index in [0.717, 1.165) is 16.5 Å². The van der Waals surface area contributed by atoms with E-state index in [2.05, 4.69) is 9.97 Å². The van der Waals surface area contributed by atoms with Gasteiger partial charge in [-0.05, 0) is 25.1 Å². The van der Waals surface area contributed by atoms with Crippen LogP contribution in [0.4, 0.5) is 0 Å². The molecule has 1 aliphatic rings. The first-order valence-electron chi connectivity index (χ1n) is 7.53. The monoisotopic (exact) mass is 305 g/mol. The summed E-state index contributed by atoms with van der Waals surface area (Å²) in [6, 6.07) is 11.4. The number of nitrogens with zero attached hydrogens (tertiary/aromatic N) is 1. The third kappa shape index (κ3) is 1.86. The number of nitrogens with one attached hydrogen (secondary N) is 2. The molecule has 4 rings (SSSR count). The van der Waals surface area contributed by atoms with Gasteiger partial charge < -0.3 is 9.97 Å². The fraction of sp³-hybridized carbons (Fsp3) is 0.111. The molecule has 0 unspecified atom stereocenters. The Morgan fingerprint density at radius 2 is 1.74 bits per heavy atom. The van der Waals surface area contributed by atoms with Crippen LogP contribution in [0.5, 0.6) is 0 Å². The SMILES string of the molecule is CCN1C(=O)C(c2ccc[nH]2)=C(c2c[nH]c3ccccc23)C1=O. The molecule has 3 heterocycles. The molecule has 1 aromatic carbocycles. The Morgan fingerprint density at radius 1 is 0.957 bits per heavy atom. The molecule has 114 valence electrons. The molecule has 0 radical (unpaired) electrons. The van der Waals surface area contributed by atoms with E-state index in [1.807, 2.05) is 36.4 Å². The third-order valence-electron chi connectivity index (χ3n) is 4.21. The lowest BCUT2D eigenvalue weighted by Gasteiger charge is -2.11. The standard InChI is InChI=1S/C18H15N3O2/c1-2-21-17(22)15(16(18(21)23)14-8-5-9-19-14)12-10-20-13-7-4-3-6-11(12)13/h3-10,19-20H,2H2,1H3. The number of likely N-dealkylation sites (N-methyl/N-ethyl adjacent to an activating group) is 1. The predicted molar refractivity (Wildman–Crippen MR) is 88.3 cm³/mol. The van der Waals surface area contributed by atoms with Gasteiger partial charge in [0.15, 0.2) is 0 Å². The number of rotatable bonds is 3. The predicted octanol–water partition coefficient (Wildman–Crippen LogP) is 2.80. The number of benzene rings is 1. The van der Waals surface area contributed by atoms with Crippen LogP contribution in [0.3, 0.4) is 0 Å². The molecule has 5 nitrogen and oxygen atoms in total. The fourth-order valence-corrected chi connectivity index (χ4v) is 3.13. The largest absolute Gasteiger partial charge is 0.361 e. The second-order valence-electron chi connectivity index (χ2n) is 5.44. The van der Waals surface area contributed by atoms with Crippen molar-refractivity contribution >= 4 is 33.9 Å². The first kappa shape index (κ1) is 13.6. The van der Waals surface area contributed by atoms with E-state index in [9.17, 15) is 9.59 Å². The summed E-state index contributed by atoms with van der Waals surface area (Å²) >= 11 is 0. The molecule has 0 bridgehead atoms. The minimum atomic E-state index is -0.250. The fourth-order valence-electron chi connectivity index (χ4n) is 3.13. The van der Waals surface area contributed by atoms with Gasteiger partial charge in [0, 0.05) is 35.4 Å². The van der Waals surface area contributed by atoms with Gasteiger partial charge in [-0.25, -0.2) is 0 Å². The van der Waals surface area contributed by atoms with Crippen molar-refractivity contribution in [2.45, 2.75) is 6.92 Å². The zero-order valence-corrected chi connectivity index (χ0v) is 12.6. The highest BCUT2D eigenvalue weighted by atomic mass is 16.2. The number of aromatic amines is 2. The molecule has 1 aliphatic heterocycles. The first-order chi connectivity index (χ1) is 11.2. The van der Waals surface area contributed by atoms with Crippen molar-refractivity contribution in [3.8, 4) is 0 Å². The van der Waals surface area contributed by atoms with Gasteiger partial charge in [0.2, 0.25) is 0 Å². The van der Waals surface area contributed by atoms with Crippen LogP contribution < -0.4 is 0 Å². The molecule has 0 saturated heterocycles. The van der Waals surface area contributed by atoms with Gasteiger partial charge in [0.1, 0.15) is 0 Å². The molecule has 23 heavy (non-hydrogen) atoms. The van der Waals surface area contributed by atoms with Gasteiger partial charge in [0.05, 0.1) is 16.8 Å². The normalized spacial score (nSPS) is 15.3. The summed E-state index contributed by atoms with van der Waals surface area (Å²) in [7, 11) is 0. The van der Waals surface area contributed by atoms with Crippen LogP contribution in [0.2, 0.25) is 0 Å². The van der Waals surface area contributed by atoms with Crippen LogP contribution in [-0.4, -0.2) is 33.2 Å². The Bertz CT molecular complexity index is 948. The highest BCUT2D eigenvalue weighted by Crippen LogP contribution is 2.37. The maximum absolute atomic E-state index is 12.8. The molecular formula is C18H15N3O2. The summed E-state index contributed by atoms with van der Waals surface area (Å²) in [4.78, 5) is 33.0. The number of carbonyl (C=O) groups is 2. The van der Waals surface area contributed by atoms with Crippen LogP contribution in [0.25, 0.3) is 22.0 Å². The number of amides is 2. The van der Waals surface area contributed by atoms with Crippen molar-refractivity contribution < 1.29 is 9.59 Å². The van der Waals surface area contributed by atoms with Crippen LogP contribution in [0.15, 0.2) is 48.8 Å². The van der Waals surface area contributed by atoms with E-state index in [0.29, 0.717) is 23.4 Å². The Kier molecular flexibility index (Phi) is 2.94. The Labute approximate surface area is 132 Å². The highest BCUT2D eigenvalue weighted by molar-refractivity contribution is 6.49. The molecule has 0 saturated carbocycles. The molecule has 2 aromatic heterocycles. The lowest BCUT2D eigenvalue weighted by atomic mass is 9.99. The quantitative estimate of drug-likeness (QED) is 0.731. The van der Waals surface area contributed by atoms with E-state index in [1.54, 1.807) is 19.3 Å². The molecule has 0 spiro atoms. The number of para-hydroxylation sites is 1. The third-order valence-corrected chi connectivity index (χ3v) is 4.21. The Morgan fingerprint density at radius 3 is 2.48 bits per heavy atom. The number of fused-ring (bicyclic) bond motifs is 1. The average Bonchev–Trinajstić information content (AvgIpc) is 3.26. The summed E-state index contributed by atoms with van der Waals surface area (Å²) < 4.78 is 0. The van der Waals surface area contributed by atoms with Crippen molar-refractivity contribution in [1.82, 2.24) is 14.9 Å². The van der Waals surface area contributed by atoms with E-state index in [1.165, 1.54) is 4.90 Å². The van der Waals surface area contributed by atoms with Gasteiger partial charge in [-0.2, -0.15) is 0 Å². The number of hydrogen-bond acceptors (Lipinski definition) is 2. The second kappa shape index (κ2) is 4.98. The van der Waals surface area contributed by atoms with Gasteiger partial charge in [-0.1, -0.05) is 18.2 Å². The smallest absolute Gasteiger partial charge is 0.263 e. The van der Waals surface area contributed by atoms with Crippen LogP contribution in [-0.2, 0) is 9.59 Å². The molecule has 2 amide bonds. The molecule has 2 N–H and O–H groups in total. The number of H-pyrrole nitrogens is 2. The van der Waals surface area contributed by atoms with Crippen molar-refractivity contribution in [2.75, 3.05) is 6.54 Å². The van der Waals surface area contributed by atoms with Gasteiger partial charge in [-0.15, -0.1) is 0 Å². The zero-order chi connectivity index (χ0) is 16.0. The summed E-state index contributed by atoms with van der Waals surface area (Å²) in [6.07, 6.45) is 3.55. The second-order valence-corrected chi connectivity index (χ2v) is 5.44. The summed E-state index contributed by atoms with van der Waals surface area (Å²) in [5.74, 6) is -0.493. The van der Waals surface area contributed by atoms with Crippen molar-refractivity contribution in [2.24, 2.45) is 0 Å². The molecular weight excluding hydrogens is 290 g/mol. The maximum Gasteiger partial charge on any atom is 0.263 e. The average molecular weight is 305 g/mol. The minimum Gasteiger partial charge on any atom is -0.361 e. The maximum atomic E-state index is 12.8. The summed E-state index contributed by atoms with van der Waals surface area (Å²) in [5.41, 5.74) is 3.26. The highest BCUT2D eigenvalue weighted by Gasteiger charge is 2.39. The lowest BCUT2D eigenvalue weighted by Crippen LogP contribution is -2.31. The van der Waals surface area contributed by atoms with E-state index < -0.39 is 0 Å². The minimum absolute atomic E-state index is 0.244. The van der Waals surface area contributed by atoms with Gasteiger partial charge in [0.25, 0.3) is 11.8 Å². The van der Waals surface area contributed by atoms with Crippen molar-refractivity contribution in [3.05, 3.63) is 60.0 Å². The summed E-state index contributed by atoms with van der Waals surface area (Å²) in [5, 5.41) is 0.936. The van der Waals surface area contributed by atoms with Crippen LogP contribution >= 0.6 is 0 Å². The van der Waals surface area contributed by atoms with Gasteiger partial charge in [-0.3, -0.25) is 14.5 Å². The van der Waals surface area contributed by atoms with E-state index in [-0.39, 0.29) is 11.8 Å². The first-order valence-corrected chi connectivity index (χ1v) is 7.53. The number of imide groups is 1. The van der Waals surface area contributed by atoms with E-state index >= 15 is 0 Å². The molecule has 0 fully saturated rings. The zero-order valence-electron chi connectivity index (χ0n) is 12.6. The van der Waals surface area contributed by atoms with Crippen LogP contribution in [0.1, 0.15) is 18.2 Å². The molecule has 0 aliphatic carbocycles. The Balaban J connectivity index is 2.02. The van der Waals surface area contributed by atoms with E-state index in [4.69, 9.17) is 0 Å². The lowest BCUT2D eigenvalue weighted by molar-refractivity contribution is -0.135. The van der Waals surface area contributed by atoms with Crippen molar-refractivity contribution in [1.29, 1.82) is 0 Å². The van der Waals surface area contributed by atoms with Crippen LogP contribution in [0, 0.1) is 0 Å². The topological polar surface area (TPSA) is 69.0 Å². The summed E-state index contributed by atoms with van der Waals surface area (Å²) in [6.45, 7) is 2.16. The number of hydrogen-bond donors (Lipinski definition) is 2. The Hall–Kier alpha value is -3.08. The molecule has 0 atom stereocenters. The number of carbonyl (C=O) groups excluding carboxylic acids is 2. The van der Waals surface area contributed by atoms with Gasteiger partial charge >= 0.3 is 0 Å².